The highest BCUT2D eigenvalue weighted by Crippen LogP contribution is 2.18. The summed E-state index contributed by atoms with van der Waals surface area (Å²) in [6, 6.07) is -0.119. The van der Waals surface area contributed by atoms with Gasteiger partial charge in [0.2, 0.25) is 5.91 Å². The molecule has 3 nitrogen and oxygen atoms in total. The average Bonchev–Trinajstić information content (AvgIpc) is 1.81. The van der Waals surface area contributed by atoms with Gasteiger partial charge in [-0.3, -0.25) is 4.79 Å². The highest BCUT2D eigenvalue weighted by Gasteiger charge is 2.30. The van der Waals surface area contributed by atoms with Crippen molar-refractivity contribution in [3.8, 4) is 0 Å². The van der Waals surface area contributed by atoms with Crippen LogP contribution in [0.15, 0.2) is 0 Å². The van der Waals surface area contributed by atoms with Gasteiger partial charge in [-0.15, -0.1) is 0 Å². The van der Waals surface area contributed by atoms with Crippen LogP contribution < -0.4 is 11.1 Å². The largest absolute Gasteiger partial charge is 0.397 e. The van der Waals surface area contributed by atoms with E-state index in [0.29, 0.717) is 6.42 Å². The molecule has 0 saturated heterocycles. The Hall–Kier alpha value is -0.780. The van der Waals surface area contributed by atoms with Gasteiger partial charge < -0.3 is 11.1 Å². The molecule has 0 fully saturated rings. The van der Waals surface area contributed by atoms with Gasteiger partial charge in [0.05, 0.1) is 0 Å². The molecule has 0 spiro atoms. The number of nitrogens with two attached hydrogens (primary N) is 1. The monoisotopic (exact) mass is 198 g/mol. The summed E-state index contributed by atoms with van der Waals surface area (Å²) >= 11 is 0. The molecule has 1 unspecified atom stereocenters. The quantitative estimate of drug-likeness (QED) is 0.701. The predicted molar refractivity (Wildman–Crippen MR) is 41.9 cm³/mol. The smallest absolute Gasteiger partial charge is 0.356 e. The van der Waals surface area contributed by atoms with E-state index in [0.717, 1.165) is 0 Å². The lowest BCUT2D eigenvalue weighted by Crippen LogP contribution is -2.31. The average molecular weight is 198 g/mol. The van der Waals surface area contributed by atoms with Gasteiger partial charge in [0.25, 0.3) is 0 Å². The molecule has 0 saturated carbocycles. The summed E-state index contributed by atoms with van der Waals surface area (Å²) in [4.78, 5) is 10.6. The lowest BCUT2D eigenvalue weighted by Gasteiger charge is -2.08. The lowest BCUT2D eigenvalue weighted by molar-refractivity contribution is -0.153. The van der Waals surface area contributed by atoms with E-state index in [2.05, 4.69) is 5.32 Å². The molecule has 6 heteroatoms. The Morgan fingerprint density at radius 2 is 2.08 bits per heavy atom. The fraction of sp³-hybridized carbons (Fsp3) is 0.857. The zero-order valence-corrected chi connectivity index (χ0v) is 7.32. The van der Waals surface area contributed by atoms with Gasteiger partial charge in [-0.25, -0.2) is 0 Å². The summed E-state index contributed by atoms with van der Waals surface area (Å²) in [6.07, 6.45) is -5.38. The SMILES string of the molecule is CC(N)CCNC(=O)CC(F)(F)F. The van der Waals surface area contributed by atoms with Crippen molar-refractivity contribution in [1.82, 2.24) is 5.32 Å². The van der Waals surface area contributed by atoms with Crippen molar-refractivity contribution in [2.75, 3.05) is 6.54 Å². The third-order valence-corrected chi connectivity index (χ3v) is 1.28. The molecule has 0 aliphatic carbocycles. The maximum atomic E-state index is 11.6. The van der Waals surface area contributed by atoms with Gasteiger partial charge in [-0.2, -0.15) is 13.2 Å². The maximum absolute atomic E-state index is 11.6. The van der Waals surface area contributed by atoms with Crippen LogP contribution in [0.4, 0.5) is 13.2 Å². The highest BCUT2D eigenvalue weighted by molar-refractivity contribution is 5.76. The van der Waals surface area contributed by atoms with E-state index in [1.807, 2.05) is 0 Å². The van der Waals surface area contributed by atoms with Crippen LogP contribution in [-0.2, 0) is 4.79 Å². The van der Waals surface area contributed by atoms with E-state index in [-0.39, 0.29) is 12.6 Å². The van der Waals surface area contributed by atoms with Gasteiger partial charge in [0.1, 0.15) is 6.42 Å². The Balaban J connectivity index is 3.53. The normalized spacial score (nSPS) is 13.9. The predicted octanol–water partition coefficient (Wildman–Crippen LogP) is 0.792. The van der Waals surface area contributed by atoms with Crippen LogP contribution >= 0.6 is 0 Å². The van der Waals surface area contributed by atoms with Gasteiger partial charge in [-0.05, 0) is 13.3 Å². The minimum absolute atomic E-state index is 0.119. The second-order valence-electron chi connectivity index (χ2n) is 2.91. The molecule has 1 atom stereocenters. The molecule has 0 rings (SSSR count). The van der Waals surface area contributed by atoms with Crippen LogP contribution in [-0.4, -0.2) is 24.7 Å². The number of hydrogen-bond donors (Lipinski definition) is 2. The molecule has 78 valence electrons. The molecule has 0 heterocycles. The van der Waals surface area contributed by atoms with Crippen molar-refractivity contribution in [1.29, 1.82) is 0 Å². The number of carbonyl (C=O) groups excluding carboxylic acids is 1. The molecule has 3 N–H and O–H groups in total. The second-order valence-corrected chi connectivity index (χ2v) is 2.91. The number of carbonyl (C=O) groups is 1. The Labute approximate surface area is 74.5 Å². The Morgan fingerprint density at radius 1 is 1.54 bits per heavy atom. The molecule has 13 heavy (non-hydrogen) atoms. The summed E-state index contributed by atoms with van der Waals surface area (Å²) in [7, 11) is 0. The van der Waals surface area contributed by atoms with Crippen molar-refractivity contribution in [2.24, 2.45) is 5.73 Å². The lowest BCUT2D eigenvalue weighted by atomic mass is 10.2. The minimum Gasteiger partial charge on any atom is -0.356 e. The van der Waals surface area contributed by atoms with Gasteiger partial charge in [0, 0.05) is 12.6 Å². The topological polar surface area (TPSA) is 55.1 Å². The molecular weight excluding hydrogens is 185 g/mol. The summed E-state index contributed by atoms with van der Waals surface area (Å²) in [6.45, 7) is 1.91. The summed E-state index contributed by atoms with van der Waals surface area (Å²) in [5.41, 5.74) is 5.33. The van der Waals surface area contributed by atoms with Crippen molar-refractivity contribution in [3.63, 3.8) is 0 Å². The minimum atomic E-state index is -4.43. The highest BCUT2D eigenvalue weighted by atomic mass is 19.4. The Morgan fingerprint density at radius 3 is 2.46 bits per heavy atom. The van der Waals surface area contributed by atoms with Gasteiger partial charge in [-0.1, -0.05) is 0 Å². The number of rotatable bonds is 4. The number of amides is 1. The zero-order valence-electron chi connectivity index (χ0n) is 7.32. The Bertz CT molecular complexity index is 168. The molecule has 0 radical (unpaired) electrons. The van der Waals surface area contributed by atoms with Gasteiger partial charge >= 0.3 is 6.18 Å². The van der Waals surface area contributed by atoms with E-state index >= 15 is 0 Å². The molecule has 0 aromatic rings. The van der Waals surface area contributed by atoms with Crippen molar-refractivity contribution in [3.05, 3.63) is 0 Å². The summed E-state index contributed by atoms with van der Waals surface area (Å²) in [5, 5.41) is 2.13. The molecule has 1 amide bonds. The molecule has 0 aliphatic heterocycles. The van der Waals surface area contributed by atoms with E-state index < -0.39 is 18.5 Å². The fourth-order valence-electron chi connectivity index (χ4n) is 0.684. The van der Waals surface area contributed by atoms with Crippen LogP contribution in [0.1, 0.15) is 19.8 Å². The standard InChI is InChI=1S/C7H13F3N2O/c1-5(11)2-3-12-6(13)4-7(8,9)10/h5H,2-4,11H2,1H3,(H,12,13). The van der Waals surface area contributed by atoms with Crippen molar-refractivity contribution >= 4 is 5.91 Å². The first-order chi connectivity index (χ1) is 5.81. The van der Waals surface area contributed by atoms with E-state index in [1.165, 1.54) is 0 Å². The first-order valence-corrected chi connectivity index (χ1v) is 3.90. The Kier molecular flexibility index (Phi) is 4.76. The maximum Gasteiger partial charge on any atom is 0.397 e. The first kappa shape index (κ1) is 12.2. The molecule has 0 aliphatic rings. The number of nitrogens with one attached hydrogen (secondary N) is 1. The zero-order chi connectivity index (χ0) is 10.5. The summed E-state index contributed by atoms with van der Waals surface area (Å²) < 4.78 is 34.8. The first-order valence-electron chi connectivity index (χ1n) is 3.90. The number of alkyl halides is 3. The van der Waals surface area contributed by atoms with Gasteiger partial charge in [0.15, 0.2) is 0 Å². The molecule has 0 aromatic carbocycles. The van der Waals surface area contributed by atoms with E-state index in [1.54, 1.807) is 6.92 Å². The van der Waals surface area contributed by atoms with Crippen LogP contribution in [0.2, 0.25) is 0 Å². The van der Waals surface area contributed by atoms with Crippen molar-refractivity contribution in [2.45, 2.75) is 32.0 Å². The van der Waals surface area contributed by atoms with Crippen LogP contribution in [0, 0.1) is 0 Å². The summed E-state index contributed by atoms with van der Waals surface area (Å²) in [5.74, 6) is -1.01. The number of halogens is 3. The van der Waals surface area contributed by atoms with Crippen LogP contribution in [0.25, 0.3) is 0 Å². The van der Waals surface area contributed by atoms with E-state index in [4.69, 9.17) is 5.73 Å². The van der Waals surface area contributed by atoms with Crippen LogP contribution in [0.3, 0.4) is 0 Å². The fourth-order valence-corrected chi connectivity index (χ4v) is 0.684. The third kappa shape index (κ3) is 9.13. The second kappa shape index (κ2) is 5.06. The molecule has 0 bridgehead atoms. The third-order valence-electron chi connectivity index (χ3n) is 1.28. The molecule has 0 aromatic heterocycles. The number of hydrogen-bond acceptors (Lipinski definition) is 2. The van der Waals surface area contributed by atoms with E-state index in [9.17, 15) is 18.0 Å². The molecular formula is C7H13F3N2O. The van der Waals surface area contributed by atoms with Crippen molar-refractivity contribution < 1.29 is 18.0 Å². The van der Waals surface area contributed by atoms with Crippen LogP contribution in [0.5, 0.6) is 0 Å².